The second-order valence-electron chi connectivity index (χ2n) is 4.18. The first-order valence-corrected chi connectivity index (χ1v) is 6.43. The number of nitrogens with zero attached hydrogens (tertiary/aromatic N) is 2. The number of para-hydroxylation sites is 1. The Morgan fingerprint density at radius 2 is 2.17 bits per heavy atom. The molecule has 0 N–H and O–H groups in total. The molecule has 1 amide bonds. The summed E-state index contributed by atoms with van der Waals surface area (Å²) in [6.45, 7) is 0.327. The summed E-state index contributed by atoms with van der Waals surface area (Å²) < 4.78 is 26.2. The fourth-order valence-electron chi connectivity index (χ4n) is 2.10. The van der Waals surface area contributed by atoms with Crippen molar-refractivity contribution in [3.8, 4) is 0 Å². The molecular formula is C12H10F2N2OS. The number of aromatic nitrogens is 1. The standard InChI is InChI=1S/C12H10F2N2OS/c13-10(14)7-5-6-16(11(7)17)12-15-8-3-1-2-4-9(8)18-12/h1-4,7,10H,5-6H2. The molecule has 3 rings (SSSR count). The number of thiazole rings is 1. The van der Waals surface area contributed by atoms with Gasteiger partial charge in [0.1, 0.15) is 5.92 Å². The summed E-state index contributed by atoms with van der Waals surface area (Å²) in [6, 6.07) is 7.50. The van der Waals surface area contributed by atoms with E-state index in [0.717, 1.165) is 10.2 Å². The third kappa shape index (κ3) is 1.77. The molecule has 1 unspecified atom stereocenters. The molecule has 0 radical (unpaired) electrons. The number of carbonyl (C=O) groups is 1. The van der Waals surface area contributed by atoms with Crippen LogP contribution in [0.25, 0.3) is 10.2 Å². The first kappa shape index (κ1) is 11.5. The smallest absolute Gasteiger partial charge is 0.250 e. The lowest BCUT2D eigenvalue weighted by molar-refractivity contribution is -0.124. The minimum atomic E-state index is -2.59. The number of anilines is 1. The normalized spacial score (nSPS) is 20.3. The molecule has 2 aromatic rings. The maximum atomic E-state index is 12.6. The van der Waals surface area contributed by atoms with Gasteiger partial charge < -0.3 is 0 Å². The van der Waals surface area contributed by atoms with Crippen LogP contribution in [0.15, 0.2) is 24.3 Å². The van der Waals surface area contributed by atoms with Crippen LogP contribution in [-0.2, 0) is 4.79 Å². The van der Waals surface area contributed by atoms with Gasteiger partial charge in [0.2, 0.25) is 12.3 Å². The van der Waals surface area contributed by atoms with Crippen molar-refractivity contribution in [3.05, 3.63) is 24.3 Å². The fourth-order valence-corrected chi connectivity index (χ4v) is 3.10. The highest BCUT2D eigenvalue weighted by Crippen LogP contribution is 2.34. The number of halogens is 2. The Morgan fingerprint density at radius 3 is 2.83 bits per heavy atom. The highest BCUT2D eigenvalue weighted by Gasteiger charge is 2.39. The van der Waals surface area contributed by atoms with Gasteiger partial charge in [0.25, 0.3) is 0 Å². The average molecular weight is 268 g/mol. The molecule has 1 aliphatic heterocycles. The molecule has 0 aliphatic carbocycles. The van der Waals surface area contributed by atoms with Gasteiger partial charge >= 0.3 is 0 Å². The number of hydrogen-bond donors (Lipinski definition) is 0. The van der Waals surface area contributed by atoms with E-state index in [1.54, 1.807) is 0 Å². The number of carbonyl (C=O) groups excluding carboxylic acids is 1. The second kappa shape index (κ2) is 4.28. The number of amides is 1. The predicted molar refractivity (Wildman–Crippen MR) is 66.1 cm³/mol. The Kier molecular flexibility index (Phi) is 2.74. The summed E-state index contributed by atoms with van der Waals surface area (Å²) in [7, 11) is 0. The molecule has 1 atom stereocenters. The van der Waals surface area contributed by atoms with E-state index < -0.39 is 18.3 Å². The van der Waals surface area contributed by atoms with Crippen molar-refractivity contribution in [2.24, 2.45) is 5.92 Å². The number of alkyl halides is 2. The van der Waals surface area contributed by atoms with Crippen LogP contribution in [0.1, 0.15) is 6.42 Å². The zero-order valence-electron chi connectivity index (χ0n) is 9.35. The van der Waals surface area contributed by atoms with Crippen molar-refractivity contribution in [2.75, 3.05) is 11.4 Å². The predicted octanol–water partition coefficient (Wildman–Crippen LogP) is 2.91. The molecule has 3 nitrogen and oxygen atoms in total. The second-order valence-corrected chi connectivity index (χ2v) is 5.19. The largest absolute Gasteiger partial charge is 0.288 e. The summed E-state index contributed by atoms with van der Waals surface area (Å²) in [5, 5.41) is 0.518. The molecule has 0 bridgehead atoms. The molecule has 1 fully saturated rings. The molecular weight excluding hydrogens is 258 g/mol. The molecule has 1 aromatic carbocycles. The highest BCUT2D eigenvalue weighted by molar-refractivity contribution is 7.22. The van der Waals surface area contributed by atoms with Gasteiger partial charge in [0, 0.05) is 6.54 Å². The zero-order chi connectivity index (χ0) is 12.7. The van der Waals surface area contributed by atoms with E-state index in [1.165, 1.54) is 16.2 Å². The summed E-state index contributed by atoms with van der Waals surface area (Å²) >= 11 is 1.36. The van der Waals surface area contributed by atoms with Gasteiger partial charge in [-0.25, -0.2) is 13.8 Å². The molecule has 1 saturated heterocycles. The minimum Gasteiger partial charge on any atom is -0.288 e. The Bertz CT molecular complexity index is 566. The molecule has 0 spiro atoms. The molecule has 1 aromatic heterocycles. The van der Waals surface area contributed by atoms with Gasteiger partial charge in [-0.05, 0) is 18.6 Å². The van der Waals surface area contributed by atoms with Crippen molar-refractivity contribution in [1.29, 1.82) is 0 Å². The Balaban J connectivity index is 1.94. The van der Waals surface area contributed by atoms with Crippen LogP contribution in [-0.4, -0.2) is 23.9 Å². The van der Waals surface area contributed by atoms with E-state index in [1.807, 2.05) is 24.3 Å². The molecule has 6 heteroatoms. The van der Waals surface area contributed by atoms with Crippen molar-refractivity contribution in [1.82, 2.24) is 4.98 Å². The Labute approximate surface area is 106 Å². The number of hydrogen-bond acceptors (Lipinski definition) is 3. The van der Waals surface area contributed by atoms with Crippen LogP contribution in [0.3, 0.4) is 0 Å². The molecule has 94 valence electrons. The quantitative estimate of drug-likeness (QED) is 0.839. The zero-order valence-corrected chi connectivity index (χ0v) is 10.2. The lowest BCUT2D eigenvalue weighted by Crippen LogP contribution is -2.29. The number of rotatable bonds is 2. The van der Waals surface area contributed by atoms with Crippen LogP contribution in [0.5, 0.6) is 0 Å². The third-order valence-electron chi connectivity index (χ3n) is 3.06. The minimum absolute atomic E-state index is 0.201. The van der Waals surface area contributed by atoms with Crippen LogP contribution >= 0.6 is 11.3 Å². The summed E-state index contributed by atoms with van der Waals surface area (Å²) in [5.74, 6) is -1.68. The van der Waals surface area contributed by atoms with Gasteiger partial charge in [-0.3, -0.25) is 9.69 Å². The molecule has 2 heterocycles. The fraction of sp³-hybridized carbons (Fsp3) is 0.333. The van der Waals surface area contributed by atoms with Crippen molar-refractivity contribution in [2.45, 2.75) is 12.8 Å². The van der Waals surface area contributed by atoms with Gasteiger partial charge in [0.05, 0.1) is 10.2 Å². The first-order chi connectivity index (χ1) is 8.66. The summed E-state index contributed by atoms with van der Waals surface area (Å²) in [5.41, 5.74) is 0.797. The highest BCUT2D eigenvalue weighted by atomic mass is 32.1. The third-order valence-corrected chi connectivity index (χ3v) is 4.12. The molecule has 0 saturated carbocycles. The van der Waals surface area contributed by atoms with Gasteiger partial charge in [0.15, 0.2) is 5.13 Å². The number of benzene rings is 1. The monoisotopic (exact) mass is 268 g/mol. The lowest BCUT2D eigenvalue weighted by atomic mass is 10.1. The first-order valence-electron chi connectivity index (χ1n) is 5.62. The SMILES string of the molecule is O=C1C(C(F)F)CCN1c1nc2ccccc2s1. The van der Waals surface area contributed by atoms with Crippen molar-refractivity contribution in [3.63, 3.8) is 0 Å². The van der Waals surface area contributed by atoms with E-state index in [9.17, 15) is 13.6 Å². The number of fused-ring (bicyclic) bond motifs is 1. The maximum Gasteiger partial charge on any atom is 0.250 e. The Morgan fingerprint density at radius 1 is 1.39 bits per heavy atom. The lowest BCUT2D eigenvalue weighted by Gasteiger charge is -2.12. The van der Waals surface area contributed by atoms with Crippen molar-refractivity contribution >= 4 is 32.6 Å². The van der Waals surface area contributed by atoms with E-state index in [0.29, 0.717) is 11.7 Å². The van der Waals surface area contributed by atoms with Crippen LogP contribution in [0.2, 0.25) is 0 Å². The van der Waals surface area contributed by atoms with Gasteiger partial charge in [-0.1, -0.05) is 23.5 Å². The van der Waals surface area contributed by atoms with Crippen LogP contribution in [0, 0.1) is 5.92 Å². The van der Waals surface area contributed by atoms with Crippen molar-refractivity contribution < 1.29 is 13.6 Å². The maximum absolute atomic E-state index is 12.6. The van der Waals surface area contributed by atoms with E-state index in [4.69, 9.17) is 0 Å². The van der Waals surface area contributed by atoms with E-state index >= 15 is 0 Å². The van der Waals surface area contributed by atoms with Gasteiger partial charge in [-0.15, -0.1) is 0 Å². The summed E-state index contributed by atoms with van der Waals surface area (Å²) in [6.07, 6.45) is -2.39. The molecule has 18 heavy (non-hydrogen) atoms. The van der Waals surface area contributed by atoms with Crippen LogP contribution < -0.4 is 4.90 Å². The molecule has 1 aliphatic rings. The van der Waals surface area contributed by atoms with Gasteiger partial charge in [-0.2, -0.15) is 0 Å². The van der Waals surface area contributed by atoms with E-state index in [2.05, 4.69) is 4.98 Å². The summed E-state index contributed by atoms with van der Waals surface area (Å²) in [4.78, 5) is 17.5. The Hall–Kier alpha value is -1.56. The topological polar surface area (TPSA) is 33.2 Å². The van der Waals surface area contributed by atoms with E-state index in [-0.39, 0.29) is 6.42 Å². The average Bonchev–Trinajstić information content (AvgIpc) is 2.91. The van der Waals surface area contributed by atoms with Crippen LogP contribution in [0.4, 0.5) is 13.9 Å².